The summed E-state index contributed by atoms with van der Waals surface area (Å²) in [5, 5.41) is 17.4. The van der Waals surface area contributed by atoms with Gasteiger partial charge in [-0.25, -0.2) is 23.3 Å². The van der Waals surface area contributed by atoms with E-state index in [1.807, 2.05) is 0 Å². The van der Waals surface area contributed by atoms with Crippen LogP contribution in [0.5, 0.6) is 11.5 Å². The molecule has 0 saturated carbocycles. The number of halogens is 6. The van der Waals surface area contributed by atoms with Crippen molar-refractivity contribution in [1.29, 1.82) is 0 Å². The van der Waals surface area contributed by atoms with Crippen molar-refractivity contribution in [3.63, 3.8) is 0 Å². The number of hydrogen-bond donors (Lipinski definition) is 2. The first-order chi connectivity index (χ1) is 15.8. The van der Waals surface area contributed by atoms with Crippen LogP contribution < -0.4 is 0 Å². The SMILES string of the molecule is CC1=[C-]CC=C1.CC1=[C-]CC=C1.Oc1cccc(C(F)(F)F)c1.Oc1cccc(C(F)(F)F)c1.[Zr+2]. The van der Waals surface area contributed by atoms with Crippen LogP contribution in [0.2, 0.25) is 0 Å². The smallest absolute Gasteiger partial charge is 0.508 e. The first kappa shape index (κ1) is 32.5. The van der Waals surface area contributed by atoms with Crippen LogP contribution in [0.15, 0.2) is 84.0 Å². The van der Waals surface area contributed by atoms with E-state index in [1.165, 1.54) is 23.3 Å². The molecule has 186 valence electrons. The van der Waals surface area contributed by atoms with Crippen LogP contribution >= 0.6 is 0 Å². The molecule has 2 aliphatic rings. The molecule has 2 aromatic carbocycles. The van der Waals surface area contributed by atoms with Crippen LogP contribution in [-0.2, 0) is 38.6 Å². The van der Waals surface area contributed by atoms with Gasteiger partial charge >= 0.3 is 38.6 Å². The van der Waals surface area contributed by atoms with E-state index in [0.29, 0.717) is 12.1 Å². The summed E-state index contributed by atoms with van der Waals surface area (Å²) in [6.45, 7) is 4.12. The number of rotatable bonds is 0. The van der Waals surface area contributed by atoms with Gasteiger partial charge in [0, 0.05) is 0 Å². The van der Waals surface area contributed by atoms with E-state index in [9.17, 15) is 26.3 Å². The Hall–Kier alpha value is -2.54. The summed E-state index contributed by atoms with van der Waals surface area (Å²) in [5.74, 6) is -0.750. The molecule has 0 fully saturated rings. The third-order valence-electron chi connectivity index (χ3n) is 4.08. The van der Waals surface area contributed by atoms with Crippen LogP contribution in [0, 0.1) is 12.2 Å². The van der Waals surface area contributed by atoms with Gasteiger partial charge in [-0.1, -0.05) is 26.0 Å². The fraction of sp³-hybridized carbons (Fsp3) is 0.231. The summed E-state index contributed by atoms with van der Waals surface area (Å²) in [6, 6.07) is 7.85. The van der Waals surface area contributed by atoms with Crippen molar-refractivity contribution < 1.29 is 62.8 Å². The largest absolute Gasteiger partial charge is 2.00 e. The van der Waals surface area contributed by atoms with Crippen LogP contribution in [0.4, 0.5) is 26.3 Å². The van der Waals surface area contributed by atoms with Crippen molar-refractivity contribution in [2.45, 2.75) is 39.0 Å². The Balaban J connectivity index is 0.000000452. The van der Waals surface area contributed by atoms with E-state index < -0.39 is 23.5 Å². The van der Waals surface area contributed by atoms with Crippen LogP contribution in [0.1, 0.15) is 37.8 Å². The second kappa shape index (κ2) is 15.5. The van der Waals surface area contributed by atoms with Gasteiger partial charge in [0.25, 0.3) is 0 Å². The molecule has 4 rings (SSSR count). The zero-order valence-corrected chi connectivity index (χ0v) is 21.5. The Morgan fingerprint density at radius 2 is 1.00 bits per heavy atom. The van der Waals surface area contributed by atoms with Crippen molar-refractivity contribution in [3.05, 3.63) is 107 Å². The molecule has 9 heteroatoms. The first-order valence-electron chi connectivity index (χ1n) is 9.99. The minimum absolute atomic E-state index is 0. The third-order valence-corrected chi connectivity index (χ3v) is 4.08. The molecule has 0 aromatic heterocycles. The second-order valence-corrected chi connectivity index (χ2v) is 7.03. The van der Waals surface area contributed by atoms with Crippen molar-refractivity contribution in [2.24, 2.45) is 0 Å². The molecule has 2 aliphatic carbocycles. The maximum Gasteiger partial charge on any atom is 2.00 e. The molecular formula is C26H24F6O2Zr. The average Bonchev–Trinajstić information content (AvgIpc) is 3.42. The number of alkyl halides is 6. The second-order valence-electron chi connectivity index (χ2n) is 7.03. The maximum atomic E-state index is 11.9. The molecule has 2 nitrogen and oxygen atoms in total. The monoisotopic (exact) mass is 572 g/mol. The molecule has 2 N–H and O–H groups in total. The summed E-state index contributed by atoms with van der Waals surface area (Å²) >= 11 is 0. The van der Waals surface area contributed by atoms with Gasteiger partial charge in [0.15, 0.2) is 0 Å². The Morgan fingerprint density at radius 1 is 0.657 bits per heavy atom. The Labute approximate surface area is 220 Å². The minimum atomic E-state index is -4.38. The standard InChI is InChI=1S/2C7H5F3O.2C6H7.Zr/c2*8-7(9,10)5-2-1-3-6(11)4-5;2*1-6-4-2-3-5-6;/h2*1-4,11H;2*2,4H,3H2,1H3;/q;;2*-1;+2. The zero-order valence-electron chi connectivity index (χ0n) is 19.0. The van der Waals surface area contributed by atoms with Crippen molar-refractivity contribution >= 4 is 0 Å². The molecule has 0 radical (unpaired) electrons. The number of allylic oxidation sites excluding steroid dienone is 8. The van der Waals surface area contributed by atoms with Gasteiger partial charge in [-0.15, -0.1) is 12.8 Å². The van der Waals surface area contributed by atoms with Crippen molar-refractivity contribution in [2.75, 3.05) is 0 Å². The van der Waals surface area contributed by atoms with Gasteiger partial charge in [-0.3, -0.25) is 12.2 Å². The minimum Gasteiger partial charge on any atom is -0.508 e. The first-order valence-corrected chi connectivity index (χ1v) is 9.99. The molecular weight excluding hydrogens is 549 g/mol. The van der Waals surface area contributed by atoms with Gasteiger partial charge in [0.2, 0.25) is 0 Å². The van der Waals surface area contributed by atoms with E-state index in [0.717, 1.165) is 37.1 Å². The predicted molar refractivity (Wildman–Crippen MR) is 119 cm³/mol. The van der Waals surface area contributed by atoms with E-state index in [4.69, 9.17) is 10.2 Å². The van der Waals surface area contributed by atoms with Gasteiger partial charge in [0.05, 0.1) is 11.1 Å². The topological polar surface area (TPSA) is 40.5 Å². The van der Waals surface area contributed by atoms with E-state index >= 15 is 0 Å². The Kier molecular flexibility index (Phi) is 14.3. The van der Waals surface area contributed by atoms with E-state index in [-0.39, 0.29) is 37.7 Å². The summed E-state index contributed by atoms with van der Waals surface area (Å²) in [7, 11) is 0. The van der Waals surface area contributed by atoms with Crippen molar-refractivity contribution in [3.8, 4) is 11.5 Å². The van der Waals surface area contributed by atoms with Crippen LogP contribution in [0.3, 0.4) is 0 Å². The van der Waals surface area contributed by atoms with E-state index in [1.54, 1.807) is 0 Å². The fourth-order valence-electron chi connectivity index (χ4n) is 2.39. The molecule has 0 spiro atoms. The molecule has 0 amide bonds. The van der Waals surface area contributed by atoms with Crippen molar-refractivity contribution in [1.82, 2.24) is 0 Å². The molecule has 0 unspecified atom stereocenters. The van der Waals surface area contributed by atoms with Crippen LogP contribution in [-0.4, -0.2) is 10.2 Å². The Morgan fingerprint density at radius 3 is 1.14 bits per heavy atom. The summed E-state index contributed by atoms with van der Waals surface area (Å²) in [6.07, 6.45) is 7.92. The fourth-order valence-corrected chi connectivity index (χ4v) is 2.39. The zero-order chi connectivity index (χ0) is 25.8. The number of hydrogen-bond acceptors (Lipinski definition) is 2. The molecule has 0 heterocycles. The van der Waals surface area contributed by atoms with Gasteiger partial charge < -0.3 is 10.2 Å². The average molecular weight is 574 g/mol. The van der Waals surface area contributed by atoms with Crippen LogP contribution in [0.25, 0.3) is 0 Å². The number of phenolic OH excluding ortho intramolecular Hbond substituents is 2. The molecule has 0 saturated heterocycles. The number of benzene rings is 2. The Bertz CT molecular complexity index is 946. The summed E-state index contributed by atoms with van der Waals surface area (Å²) < 4.78 is 71.1. The predicted octanol–water partition coefficient (Wildman–Crippen LogP) is 8.21. The normalized spacial score (nSPS) is 13.6. The molecule has 0 aliphatic heterocycles. The number of aromatic hydroxyl groups is 2. The van der Waals surface area contributed by atoms with E-state index in [2.05, 4.69) is 50.3 Å². The maximum absolute atomic E-state index is 11.9. The molecule has 0 bridgehead atoms. The number of phenols is 2. The van der Waals surface area contributed by atoms with Gasteiger partial charge in [-0.2, -0.15) is 38.5 Å². The quantitative estimate of drug-likeness (QED) is 0.246. The summed E-state index contributed by atoms with van der Waals surface area (Å²) in [4.78, 5) is 0. The van der Waals surface area contributed by atoms with Gasteiger partial charge in [-0.05, 0) is 36.4 Å². The summed E-state index contributed by atoms with van der Waals surface area (Å²) in [5.41, 5.74) is 0.875. The third kappa shape index (κ3) is 14.5. The van der Waals surface area contributed by atoms with Gasteiger partial charge in [0.1, 0.15) is 11.5 Å². The molecule has 35 heavy (non-hydrogen) atoms. The molecule has 2 aromatic rings. The molecule has 0 atom stereocenters.